The number of β-amino-alcohol motifs (C(OH)–C–C–N with tert-alkyl or cyclic N) is 1. The molecule has 8 N–H and O–H groups in total. The molecule has 2 fully saturated rings. The molecule has 4 aromatic heterocycles. The van der Waals surface area contributed by atoms with Crippen molar-refractivity contribution in [3.8, 4) is 38.8 Å². The second-order valence-electron chi connectivity index (χ2n) is 22.5. The van der Waals surface area contributed by atoms with Crippen LogP contribution in [0.15, 0.2) is 109 Å². The summed E-state index contributed by atoms with van der Waals surface area (Å²) in [6.07, 6.45) is 4.54. The summed E-state index contributed by atoms with van der Waals surface area (Å²) in [6, 6.07) is 30.1. The van der Waals surface area contributed by atoms with E-state index in [4.69, 9.17) is 45.1 Å². The van der Waals surface area contributed by atoms with E-state index in [-0.39, 0.29) is 69.9 Å². The SMILES string of the molecule is Cc1ncsc1-c1ccc(CNC(=O)[C@@H]2C[C@@H](O)CN2C(=O)[C@@H](NC(=O)COCCOCCOCCOCCOCC(=O)NCCc2cccc(-c3ccc4nc(-c5cccnc5N)n(-c5ccc(C6(N)CCC6)cc5)c4n3)c2)C(C)(C)C)cc1. The average Bonchev–Trinajstić information content (AvgIpc) is 1.92. The van der Waals surface area contributed by atoms with Gasteiger partial charge in [-0.05, 0) is 103 Å². The van der Waals surface area contributed by atoms with E-state index in [0.29, 0.717) is 74.4 Å². The van der Waals surface area contributed by atoms with Crippen LogP contribution >= 0.6 is 11.3 Å². The number of nitrogen functional groups attached to an aromatic ring is 1. The van der Waals surface area contributed by atoms with Crippen molar-refractivity contribution in [3.63, 3.8) is 0 Å². The smallest absolute Gasteiger partial charge is 0.246 e. The van der Waals surface area contributed by atoms with Crippen molar-refractivity contribution in [1.29, 1.82) is 0 Å². The number of hydrogen-bond donors (Lipinski definition) is 6. The number of rotatable bonds is 29. The third kappa shape index (κ3) is 16.3. The van der Waals surface area contributed by atoms with E-state index < -0.39 is 35.4 Å². The fourth-order valence-electron chi connectivity index (χ4n) is 10.3. The van der Waals surface area contributed by atoms with Gasteiger partial charge in [-0.15, -0.1) is 11.3 Å². The van der Waals surface area contributed by atoms with E-state index in [1.54, 1.807) is 17.5 Å². The summed E-state index contributed by atoms with van der Waals surface area (Å²) in [6.45, 7) is 9.85. The highest BCUT2D eigenvalue weighted by molar-refractivity contribution is 7.13. The molecule has 3 atom stereocenters. The van der Waals surface area contributed by atoms with Crippen LogP contribution in [0.3, 0.4) is 0 Å². The molecule has 450 valence electrons. The molecule has 1 aliphatic carbocycles. The van der Waals surface area contributed by atoms with Gasteiger partial charge in [-0.3, -0.25) is 23.7 Å². The Balaban J connectivity index is 0.611. The molecule has 1 saturated heterocycles. The Hall–Kier alpha value is -7.54. The first-order valence-corrected chi connectivity index (χ1v) is 29.7. The monoisotopic (exact) mass is 1180 g/mol. The lowest BCUT2D eigenvalue weighted by atomic mass is 9.73. The molecule has 0 bridgehead atoms. The molecular weight excluding hydrogens is 1100 g/mol. The Morgan fingerprint density at radius 1 is 0.776 bits per heavy atom. The van der Waals surface area contributed by atoms with E-state index in [2.05, 4.69) is 56.3 Å². The molecule has 1 saturated carbocycles. The number of aromatic nitrogens is 5. The number of hydrogen-bond acceptors (Lipinski definition) is 17. The van der Waals surface area contributed by atoms with Gasteiger partial charge in [0, 0.05) is 49.0 Å². The minimum Gasteiger partial charge on any atom is -0.391 e. The zero-order valence-electron chi connectivity index (χ0n) is 48.7. The highest BCUT2D eigenvalue weighted by Crippen LogP contribution is 2.40. The maximum atomic E-state index is 14.0. The third-order valence-corrected chi connectivity index (χ3v) is 16.1. The van der Waals surface area contributed by atoms with Crippen molar-refractivity contribution in [1.82, 2.24) is 45.4 Å². The number of pyridine rings is 2. The normalized spacial score (nSPS) is 16.0. The maximum Gasteiger partial charge on any atom is 0.246 e. The number of thiazole rings is 1. The number of carbonyl (C=O) groups is 4. The van der Waals surface area contributed by atoms with Gasteiger partial charge in [0.15, 0.2) is 11.5 Å². The Morgan fingerprint density at radius 3 is 2.09 bits per heavy atom. The quantitative estimate of drug-likeness (QED) is 0.0291. The van der Waals surface area contributed by atoms with E-state index in [0.717, 1.165) is 69.0 Å². The van der Waals surface area contributed by atoms with Gasteiger partial charge in [0.05, 0.1) is 86.3 Å². The number of nitrogens with zero attached hydrogens (tertiary/aromatic N) is 6. The van der Waals surface area contributed by atoms with Crippen molar-refractivity contribution < 1.29 is 48.0 Å². The van der Waals surface area contributed by atoms with Crippen LogP contribution in [0.4, 0.5) is 5.82 Å². The van der Waals surface area contributed by atoms with Gasteiger partial charge in [0.1, 0.15) is 36.6 Å². The number of aliphatic hydroxyl groups excluding tert-OH is 1. The summed E-state index contributed by atoms with van der Waals surface area (Å²) in [4.78, 5) is 74.3. The number of imidazole rings is 1. The zero-order chi connectivity index (χ0) is 59.9. The number of aliphatic hydroxyl groups is 1. The van der Waals surface area contributed by atoms with Crippen LogP contribution in [0.25, 0.3) is 49.9 Å². The number of aryl methyl sites for hydroxylation is 1. The van der Waals surface area contributed by atoms with Gasteiger partial charge in [-0.1, -0.05) is 75.4 Å². The summed E-state index contributed by atoms with van der Waals surface area (Å²) in [5.74, 6) is -0.543. The predicted molar refractivity (Wildman–Crippen MR) is 324 cm³/mol. The standard InChI is InChI=1S/C63H77N11O10S/c1-41-55(85-40-69-41)44-13-11-43(12-14-44)36-68-60(78)52-35-48(75)37-73(52)61(79)56(62(2,3)4)72-54(77)39-84-33-31-82-29-27-80-26-28-81-30-32-83-38-53(76)66-25-21-42-8-5-9-45(34-42)50-19-20-51-59(70-50)74(58(71-51)49-10-6-24-67-57(49)64)47-17-15-46(16-18-47)63(65)22-7-23-63/h5-6,8-20,24,34,40,48,52,56,75H,7,21-23,25-33,35-39,65H2,1-4H3,(H2,64,67)(H,66,76)(H,68,78)(H,72,77)/t48-,52+,56-/m1/s1. The molecule has 3 aromatic carbocycles. The lowest BCUT2D eigenvalue weighted by molar-refractivity contribution is -0.144. The van der Waals surface area contributed by atoms with Crippen LogP contribution in [0, 0.1) is 12.3 Å². The number of nitrogens with two attached hydrogens (primary N) is 2. The van der Waals surface area contributed by atoms with Crippen LogP contribution in [0.1, 0.15) is 68.8 Å². The number of ether oxygens (including phenoxy) is 5. The zero-order valence-corrected chi connectivity index (χ0v) is 49.5. The Kier molecular flexibility index (Phi) is 21.2. The molecule has 0 spiro atoms. The average molecular weight is 1180 g/mol. The van der Waals surface area contributed by atoms with E-state index >= 15 is 0 Å². The number of anilines is 1. The van der Waals surface area contributed by atoms with Crippen molar-refractivity contribution >= 4 is 51.9 Å². The van der Waals surface area contributed by atoms with Crippen molar-refractivity contribution in [2.75, 3.05) is 84.9 Å². The summed E-state index contributed by atoms with van der Waals surface area (Å²) < 4.78 is 29.8. The molecule has 2 aliphatic rings. The van der Waals surface area contributed by atoms with Gasteiger partial charge >= 0.3 is 0 Å². The highest BCUT2D eigenvalue weighted by Gasteiger charge is 2.44. The highest BCUT2D eigenvalue weighted by atomic mass is 32.1. The van der Waals surface area contributed by atoms with Crippen LogP contribution in [0.5, 0.6) is 0 Å². The van der Waals surface area contributed by atoms with Crippen LogP contribution in [-0.2, 0) is 61.4 Å². The lowest BCUT2D eigenvalue weighted by Gasteiger charge is -2.38. The third-order valence-electron chi connectivity index (χ3n) is 15.2. The maximum absolute atomic E-state index is 14.0. The predicted octanol–water partition coefficient (Wildman–Crippen LogP) is 6.05. The second kappa shape index (κ2) is 29.0. The Bertz CT molecular complexity index is 3380. The first-order chi connectivity index (χ1) is 41.0. The Morgan fingerprint density at radius 2 is 1.46 bits per heavy atom. The summed E-state index contributed by atoms with van der Waals surface area (Å²) in [5, 5.41) is 19.2. The van der Waals surface area contributed by atoms with E-state index in [1.807, 2.05) is 105 Å². The summed E-state index contributed by atoms with van der Waals surface area (Å²) >= 11 is 1.57. The van der Waals surface area contributed by atoms with Gasteiger partial charge in [0.25, 0.3) is 0 Å². The number of amides is 4. The number of carbonyl (C=O) groups excluding carboxylic acids is 4. The fourth-order valence-corrected chi connectivity index (χ4v) is 11.1. The van der Waals surface area contributed by atoms with Gasteiger partial charge in [-0.2, -0.15) is 0 Å². The number of nitrogens with one attached hydrogen (secondary N) is 3. The van der Waals surface area contributed by atoms with E-state index in [1.165, 1.54) is 4.90 Å². The minimum atomic E-state index is -0.980. The van der Waals surface area contributed by atoms with Crippen molar-refractivity contribution in [2.45, 2.75) is 90.1 Å². The van der Waals surface area contributed by atoms with Gasteiger partial charge in [0.2, 0.25) is 23.6 Å². The van der Waals surface area contributed by atoms with Crippen molar-refractivity contribution in [2.24, 2.45) is 11.1 Å². The fraction of sp³-hybridized carbons (Fsp3) is 0.429. The first-order valence-electron chi connectivity index (χ1n) is 28.8. The second-order valence-corrected chi connectivity index (χ2v) is 23.3. The topological polar surface area (TPSA) is 283 Å². The van der Waals surface area contributed by atoms with Gasteiger partial charge in [-0.25, -0.2) is 19.9 Å². The molecule has 22 heteroatoms. The molecule has 1 aliphatic heterocycles. The molecule has 21 nitrogen and oxygen atoms in total. The number of fused-ring (bicyclic) bond motifs is 1. The lowest BCUT2D eigenvalue weighted by Crippen LogP contribution is -2.58. The Labute approximate surface area is 499 Å². The number of likely N-dealkylation sites (tertiary alicyclic amines) is 1. The molecular formula is C63H77N11O10S. The summed E-state index contributed by atoms with van der Waals surface area (Å²) in [7, 11) is 0. The van der Waals surface area contributed by atoms with Crippen LogP contribution in [0.2, 0.25) is 0 Å². The molecule has 7 aromatic rings. The molecule has 4 amide bonds. The van der Waals surface area contributed by atoms with Crippen molar-refractivity contribution in [3.05, 3.63) is 131 Å². The molecule has 5 heterocycles. The van der Waals surface area contributed by atoms with Crippen LogP contribution < -0.4 is 27.4 Å². The van der Waals surface area contributed by atoms with Crippen LogP contribution in [-0.4, -0.2) is 155 Å². The van der Waals surface area contributed by atoms with E-state index in [9.17, 15) is 24.3 Å². The number of benzene rings is 3. The first kappa shape index (κ1) is 62.0. The molecule has 0 radical (unpaired) electrons. The summed E-state index contributed by atoms with van der Waals surface area (Å²) in [5.41, 5.74) is 23.6. The molecule has 85 heavy (non-hydrogen) atoms. The largest absolute Gasteiger partial charge is 0.391 e. The van der Waals surface area contributed by atoms with Gasteiger partial charge < -0.3 is 61.1 Å². The minimum absolute atomic E-state index is 0.0272. The molecule has 0 unspecified atom stereocenters. The molecule has 9 rings (SSSR count).